The fraction of sp³-hybridized carbons (Fsp3) is 0.385. The average molecular weight is 246 g/mol. The molecule has 0 spiro atoms. The Morgan fingerprint density at radius 3 is 2.83 bits per heavy atom. The molecular weight excluding hydrogens is 228 g/mol. The minimum Gasteiger partial charge on any atom is -0.331 e. The molecule has 0 saturated heterocycles. The van der Waals surface area contributed by atoms with Crippen molar-refractivity contribution in [3.05, 3.63) is 29.6 Å². The Morgan fingerprint density at radius 2 is 2.17 bits per heavy atom. The van der Waals surface area contributed by atoms with Gasteiger partial charge in [0.15, 0.2) is 0 Å². The summed E-state index contributed by atoms with van der Waals surface area (Å²) in [5.74, 6) is 0.711. The van der Waals surface area contributed by atoms with Crippen LogP contribution in [-0.4, -0.2) is 22.5 Å². The minimum absolute atomic E-state index is 0.0514. The van der Waals surface area contributed by atoms with Crippen molar-refractivity contribution in [1.82, 2.24) is 20.4 Å². The molecular formula is C13H18N4O. The number of fused-ring (bicyclic) bond motifs is 1. The summed E-state index contributed by atoms with van der Waals surface area (Å²) in [7, 11) is 3.66. The maximum absolute atomic E-state index is 11.8. The molecule has 1 unspecified atom stereocenters. The summed E-state index contributed by atoms with van der Waals surface area (Å²) in [6.07, 6.45) is 0. The van der Waals surface area contributed by atoms with Crippen LogP contribution in [0.25, 0.3) is 11.0 Å². The summed E-state index contributed by atoms with van der Waals surface area (Å²) in [6, 6.07) is 5.96. The molecule has 2 N–H and O–H groups in total. The standard InChI is InChI=1S/C13H18N4O/c1-8(13(18)16-14-3)10-5-6-12-11(7-10)15-9(2)17(12)4/h5-8,14H,1-4H3,(H,16,18). The van der Waals surface area contributed by atoms with Gasteiger partial charge in [0.1, 0.15) is 5.82 Å². The zero-order valence-corrected chi connectivity index (χ0v) is 11.1. The molecule has 0 bridgehead atoms. The van der Waals surface area contributed by atoms with Crippen molar-refractivity contribution in [2.45, 2.75) is 19.8 Å². The van der Waals surface area contributed by atoms with Crippen LogP contribution in [0.2, 0.25) is 0 Å². The maximum Gasteiger partial charge on any atom is 0.241 e. The topological polar surface area (TPSA) is 58.9 Å². The van der Waals surface area contributed by atoms with Crippen LogP contribution in [0.3, 0.4) is 0 Å². The van der Waals surface area contributed by atoms with E-state index in [0.29, 0.717) is 0 Å². The molecule has 2 rings (SSSR count). The van der Waals surface area contributed by atoms with Gasteiger partial charge in [0.2, 0.25) is 5.91 Å². The molecule has 5 heteroatoms. The van der Waals surface area contributed by atoms with Gasteiger partial charge in [-0.1, -0.05) is 6.07 Å². The summed E-state index contributed by atoms with van der Waals surface area (Å²) in [5.41, 5.74) is 8.22. The van der Waals surface area contributed by atoms with Gasteiger partial charge in [-0.25, -0.2) is 10.4 Å². The van der Waals surface area contributed by atoms with Crippen molar-refractivity contribution in [1.29, 1.82) is 0 Å². The molecule has 0 saturated carbocycles. The molecule has 1 atom stereocenters. The first-order valence-corrected chi connectivity index (χ1v) is 5.94. The molecule has 5 nitrogen and oxygen atoms in total. The van der Waals surface area contributed by atoms with Crippen LogP contribution in [0.5, 0.6) is 0 Å². The highest BCUT2D eigenvalue weighted by molar-refractivity contribution is 5.85. The van der Waals surface area contributed by atoms with E-state index < -0.39 is 0 Å². The number of hydrazine groups is 1. The second kappa shape index (κ2) is 4.78. The van der Waals surface area contributed by atoms with Gasteiger partial charge in [0.05, 0.1) is 17.0 Å². The van der Waals surface area contributed by atoms with Gasteiger partial charge >= 0.3 is 0 Å². The van der Waals surface area contributed by atoms with Crippen molar-refractivity contribution in [2.24, 2.45) is 7.05 Å². The number of amides is 1. The first kappa shape index (κ1) is 12.6. The normalized spacial score (nSPS) is 12.7. The minimum atomic E-state index is -0.204. The van der Waals surface area contributed by atoms with Gasteiger partial charge in [-0.05, 0) is 31.5 Å². The number of nitrogens with zero attached hydrogens (tertiary/aromatic N) is 2. The number of benzene rings is 1. The quantitative estimate of drug-likeness (QED) is 0.801. The third-order valence-corrected chi connectivity index (χ3v) is 3.27. The number of carbonyl (C=O) groups is 1. The van der Waals surface area contributed by atoms with Gasteiger partial charge in [-0.15, -0.1) is 0 Å². The van der Waals surface area contributed by atoms with Gasteiger partial charge in [0.25, 0.3) is 0 Å². The van der Waals surface area contributed by atoms with Crippen LogP contribution in [0.15, 0.2) is 18.2 Å². The Kier molecular flexibility index (Phi) is 3.34. The van der Waals surface area contributed by atoms with Crippen LogP contribution in [0.4, 0.5) is 0 Å². The molecule has 1 aromatic heterocycles. The van der Waals surface area contributed by atoms with E-state index in [1.54, 1.807) is 7.05 Å². The number of hydrogen-bond acceptors (Lipinski definition) is 3. The monoisotopic (exact) mass is 246 g/mol. The maximum atomic E-state index is 11.8. The lowest BCUT2D eigenvalue weighted by molar-refractivity contribution is -0.123. The lowest BCUT2D eigenvalue weighted by Crippen LogP contribution is -2.37. The Balaban J connectivity index is 2.38. The Labute approximate surface area is 106 Å². The number of aryl methyl sites for hydroxylation is 2. The fourth-order valence-corrected chi connectivity index (χ4v) is 1.99. The van der Waals surface area contributed by atoms with E-state index in [1.165, 1.54) is 0 Å². The SMILES string of the molecule is CNNC(=O)C(C)c1ccc2c(c1)nc(C)n2C. The fourth-order valence-electron chi connectivity index (χ4n) is 1.99. The van der Waals surface area contributed by atoms with E-state index in [4.69, 9.17) is 0 Å². The molecule has 0 aliphatic heterocycles. The summed E-state index contributed by atoms with van der Waals surface area (Å²) in [5, 5.41) is 0. The van der Waals surface area contributed by atoms with Crippen molar-refractivity contribution in [3.63, 3.8) is 0 Å². The van der Waals surface area contributed by atoms with Crippen molar-refractivity contribution in [2.75, 3.05) is 7.05 Å². The van der Waals surface area contributed by atoms with E-state index in [-0.39, 0.29) is 11.8 Å². The Hall–Kier alpha value is -1.88. The van der Waals surface area contributed by atoms with Crippen molar-refractivity contribution in [3.8, 4) is 0 Å². The highest BCUT2D eigenvalue weighted by Gasteiger charge is 2.15. The molecule has 96 valence electrons. The van der Waals surface area contributed by atoms with E-state index in [2.05, 4.69) is 15.8 Å². The van der Waals surface area contributed by atoms with Crippen LogP contribution in [-0.2, 0) is 11.8 Å². The molecule has 0 aliphatic carbocycles. The summed E-state index contributed by atoms with van der Waals surface area (Å²) in [6.45, 7) is 3.85. The highest BCUT2D eigenvalue weighted by Crippen LogP contribution is 2.21. The molecule has 1 amide bonds. The van der Waals surface area contributed by atoms with E-state index in [1.807, 2.05) is 43.7 Å². The Morgan fingerprint density at radius 1 is 1.44 bits per heavy atom. The molecule has 0 aliphatic rings. The molecule has 0 radical (unpaired) electrons. The van der Waals surface area contributed by atoms with Gasteiger partial charge in [-0.3, -0.25) is 10.2 Å². The number of aromatic nitrogens is 2. The molecule has 18 heavy (non-hydrogen) atoms. The van der Waals surface area contributed by atoms with Crippen molar-refractivity contribution >= 4 is 16.9 Å². The van der Waals surface area contributed by atoms with Crippen molar-refractivity contribution < 1.29 is 4.79 Å². The summed E-state index contributed by atoms with van der Waals surface area (Å²) in [4.78, 5) is 16.2. The van der Waals surface area contributed by atoms with Crippen LogP contribution < -0.4 is 10.9 Å². The van der Waals surface area contributed by atoms with Crippen LogP contribution in [0.1, 0.15) is 24.2 Å². The number of rotatable bonds is 3. The number of imidazole rings is 1. The van der Waals surface area contributed by atoms with Gasteiger partial charge in [0, 0.05) is 14.1 Å². The third-order valence-electron chi connectivity index (χ3n) is 3.27. The zero-order chi connectivity index (χ0) is 13.3. The number of carbonyl (C=O) groups excluding carboxylic acids is 1. The van der Waals surface area contributed by atoms with Crippen LogP contribution in [0, 0.1) is 6.92 Å². The van der Waals surface area contributed by atoms with E-state index in [9.17, 15) is 4.79 Å². The second-order valence-electron chi connectivity index (χ2n) is 4.43. The van der Waals surface area contributed by atoms with Crippen LogP contribution >= 0.6 is 0 Å². The van der Waals surface area contributed by atoms with Gasteiger partial charge in [-0.2, -0.15) is 0 Å². The molecule has 1 heterocycles. The summed E-state index contributed by atoms with van der Waals surface area (Å²) < 4.78 is 2.04. The zero-order valence-electron chi connectivity index (χ0n) is 11.1. The largest absolute Gasteiger partial charge is 0.331 e. The van der Waals surface area contributed by atoms with E-state index in [0.717, 1.165) is 22.4 Å². The number of nitrogens with one attached hydrogen (secondary N) is 2. The molecule has 2 aromatic rings. The lowest BCUT2D eigenvalue weighted by Gasteiger charge is -2.11. The first-order valence-electron chi connectivity index (χ1n) is 5.94. The predicted octanol–water partition coefficient (Wildman–Crippen LogP) is 1.24. The first-order chi connectivity index (χ1) is 8.54. The van der Waals surface area contributed by atoms with Gasteiger partial charge < -0.3 is 4.57 Å². The van der Waals surface area contributed by atoms with E-state index >= 15 is 0 Å². The second-order valence-corrected chi connectivity index (χ2v) is 4.43. The summed E-state index contributed by atoms with van der Waals surface area (Å²) >= 11 is 0. The highest BCUT2D eigenvalue weighted by atomic mass is 16.2. The molecule has 1 aromatic carbocycles. The average Bonchev–Trinajstić information content (AvgIpc) is 2.64. The Bertz CT molecular complexity index is 588. The third kappa shape index (κ3) is 2.09. The predicted molar refractivity (Wildman–Crippen MR) is 71.1 cm³/mol. The smallest absolute Gasteiger partial charge is 0.241 e. The lowest BCUT2D eigenvalue weighted by atomic mass is 10.00. The molecule has 0 fully saturated rings. The number of hydrogen-bond donors (Lipinski definition) is 2.